The van der Waals surface area contributed by atoms with Crippen molar-refractivity contribution in [3.8, 4) is 0 Å². The Morgan fingerprint density at radius 1 is 1.47 bits per heavy atom. The Balaban J connectivity index is 2.20. The Hall–Kier alpha value is -1.40. The Morgan fingerprint density at radius 3 is 3.00 bits per heavy atom. The van der Waals surface area contributed by atoms with Gasteiger partial charge in [0, 0.05) is 25.3 Å². The van der Waals surface area contributed by atoms with Gasteiger partial charge in [-0.25, -0.2) is 15.8 Å². The highest BCUT2D eigenvalue weighted by atomic mass is 16.5. The van der Waals surface area contributed by atoms with Gasteiger partial charge in [0.2, 0.25) is 0 Å². The van der Waals surface area contributed by atoms with Crippen LogP contribution in [0.1, 0.15) is 32.3 Å². The number of nitrogens with one attached hydrogen (secondary N) is 1. The van der Waals surface area contributed by atoms with Gasteiger partial charge in [0.25, 0.3) is 0 Å². The van der Waals surface area contributed by atoms with Crippen molar-refractivity contribution in [3.05, 3.63) is 11.9 Å². The predicted molar refractivity (Wildman–Crippen MR) is 76.1 cm³/mol. The van der Waals surface area contributed by atoms with Crippen LogP contribution in [0.5, 0.6) is 0 Å². The van der Waals surface area contributed by atoms with E-state index < -0.39 is 0 Å². The third-order valence-corrected chi connectivity index (χ3v) is 3.49. The summed E-state index contributed by atoms with van der Waals surface area (Å²) < 4.78 is 5.74. The lowest BCUT2D eigenvalue weighted by Crippen LogP contribution is -2.40. The van der Waals surface area contributed by atoms with Crippen LogP contribution in [0.4, 0.5) is 11.6 Å². The normalized spacial score (nSPS) is 19.5. The van der Waals surface area contributed by atoms with E-state index in [2.05, 4.69) is 27.2 Å². The van der Waals surface area contributed by atoms with Crippen LogP contribution in [0.3, 0.4) is 0 Å². The summed E-state index contributed by atoms with van der Waals surface area (Å²) in [7, 11) is 0. The van der Waals surface area contributed by atoms with Gasteiger partial charge in [0.05, 0.1) is 6.10 Å². The van der Waals surface area contributed by atoms with Gasteiger partial charge < -0.3 is 15.1 Å². The fourth-order valence-corrected chi connectivity index (χ4v) is 2.63. The number of piperidine rings is 1. The number of rotatable bonds is 5. The lowest BCUT2D eigenvalue weighted by atomic mass is 10.1. The second-order valence-electron chi connectivity index (χ2n) is 4.69. The van der Waals surface area contributed by atoms with Gasteiger partial charge in [-0.1, -0.05) is 6.92 Å². The van der Waals surface area contributed by atoms with Crippen LogP contribution in [0.15, 0.2) is 6.33 Å². The fraction of sp³-hybridized carbons (Fsp3) is 0.692. The summed E-state index contributed by atoms with van der Waals surface area (Å²) >= 11 is 0. The molecule has 2 rings (SSSR count). The molecule has 0 amide bonds. The van der Waals surface area contributed by atoms with E-state index in [1.165, 1.54) is 0 Å². The van der Waals surface area contributed by atoms with Gasteiger partial charge in [-0.15, -0.1) is 0 Å². The number of nitrogen functional groups attached to an aromatic ring is 1. The Kier molecular flexibility index (Phi) is 4.93. The summed E-state index contributed by atoms with van der Waals surface area (Å²) in [4.78, 5) is 10.9. The first kappa shape index (κ1) is 14.0. The first-order valence-corrected chi connectivity index (χ1v) is 6.97. The molecule has 1 atom stereocenters. The summed E-state index contributed by atoms with van der Waals surface area (Å²) in [5, 5.41) is 0. The highest BCUT2D eigenvalue weighted by Crippen LogP contribution is 2.26. The van der Waals surface area contributed by atoms with E-state index in [-0.39, 0.29) is 0 Å². The standard InChI is InChI=1S/C13H23N5O/c1-3-11-12(17-14)15-9-16-13(11)18-7-5-6-10(8-18)19-4-2/h9-10H,3-8,14H2,1-2H3,(H,15,16,17). The van der Waals surface area contributed by atoms with Crippen molar-refractivity contribution >= 4 is 11.6 Å². The van der Waals surface area contributed by atoms with Crippen LogP contribution in [-0.2, 0) is 11.2 Å². The molecule has 2 heterocycles. The molecule has 19 heavy (non-hydrogen) atoms. The molecule has 1 aromatic rings. The molecule has 1 unspecified atom stereocenters. The smallest absolute Gasteiger partial charge is 0.148 e. The van der Waals surface area contributed by atoms with E-state index in [9.17, 15) is 0 Å². The van der Waals surface area contributed by atoms with Gasteiger partial charge >= 0.3 is 0 Å². The molecule has 6 heteroatoms. The number of aromatic nitrogens is 2. The van der Waals surface area contributed by atoms with E-state index in [4.69, 9.17) is 10.6 Å². The monoisotopic (exact) mass is 265 g/mol. The first-order valence-electron chi connectivity index (χ1n) is 6.97. The molecule has 1 aliphatic rings. The largest absolute Gasteiger partial charge is 0.377 e. The molecule has 0 bridgehead atoms. The topological polar surface area (TPSA) is 76.3 Å². The van der Waals surface area contributed by atoms with E-state index >= 15 is 0 Å². The zero-order chi connectivity index (χ0) is 13.7. The Bertz CT molecular complexity index is 410. The summed E-state index contributed by atoms with van der Waals surface area (Å²) in [6.45, 7) is 6.79. The highest BCUT2D eigenvalue weighted by molar-refractivity contribution is 5.58. The lowest BCUT2D eigenvalue weighted by molar-refractivity contribution is 0.0525. The number of ether oxygens (including phenoxy) is 1. The number of hydrogen-bond donors (Lipinski definition) is 2. The maximum atomic E-state index is 5.74. The maximum absolute atomic E-state index is 5.74. The van der Waals surface area contributed by atoms with Crippen LogP contribution in [0.2, 0.25) is 0 Å². The van der Waals surface area contributed by atoms with Crippen LogP contribution < -0.4 is 16.2 Å². The summed E-state index contributed by atoms with van der Waals surface area (Å²) in [6, 6.07) is 0. The molecule has 0 aromatic carbocycles. The van der Waals surface area contributed by atoms with Crippen molar-refractivity contribution in [2.24, 2.45) is 5.84 Å². The molecule has 3 N–H and O–H groups in total. The minimum atomic E-state index is 0.299. The number of nitrogens with two attached hydrogens (primary N) is 1. The predicted octanol–water partition coefficient (Wildman–Crippen LogP) is 1.33. The van der Waals surface area contributed by atoms with Gasteiger partial charge in [0.15, 0.2) is 0 Å². The minimum absolute atomic E-state index is 0.299. The zero-order valence-corrected chi connectivity index (χ0v) is 11.7. The van der Waals surface area contributed by atoms with Gasteiger partial charge in [-0.3, -0.25) is 0 Å². The number of anilines is 2. The Morgan fingerprint density at radius 2 is 2.32 bits per heavy atom. The van der Waals surface area contributed by atoms with E-state index in [0.29, 0.717) is 11.9 Å². The van der Waals surface area contributed by atoms with Crippen molar-refractivity contribution < 1.29 is 4.74 Å². The average molecular weight is 265 g/mol. The van der Waals surface area contributed by atoms with E-state index in [0.717, 1.165) is 50.3 Å². The Labute approximate surface area is 114 Å². The number of hydrazine groups is 1. The van der Waals surface area contributed by atoms with Crippen LogP contribution in [-0.4, -0.2) is 35.8 Å². The molecule has 0 aliphatic carbocycles. The summed E-state index contributed by atoms with van der Waals surface area (Å²) in [6.07, 6.45) is 4.97. The van der Waals surface area contributed by atoms with E-state index in [1.807, 2.05) is 6.92 Å². The maximum Gasteiger partial charge on any atom is 0.148 e. The van der Waals surface area contributed by atoms with Gasteiger partial charge in [-0.2, -0.15) is 0 Å². The second-order valence-corrected chi connectivity index (χ2v) is 4.69. The molecule has 1 fully saturated rings. The fourth-order valence-electron chi connectivity index (χ4n) is 2.63. The minimum Gasteiger partial charge on any atom is -0.377 e. The van der Waals surface area contributed by atoms with Crippen molar-refractivity contribution in [2.75, 3.05) is 30.0 Å². The molecular formula is C13H23N5O. The molecule has 0 radical (unpaired) electrons. The molecule has 1 aliphatic heterocycles. The van der Waals surface area contributed by atoms with Gasteiger partial charge in [0.1, 0.15) is 18.0 Å². The molecular weight excluding hydrogens is 242 g/mol. The van der Waals surface area contributed by atoms with E-state index in [1.54, 1.807) is 6.33 Å². The number of hydrogen-bond acceptors (Lipinski definition) is 6. The van der Waals surface area contributed by atoms with Crippen molar-refractivity contribution in [2.45, 2.75) is 39.2 Å². The zero-order valence-electron chi connectivity index (χ0n) is 11.7. The van der Waals surface area contributed by atoms with Crippen LogP contribution in [0.25, 0.3) is 0 Å². The second kappa shape index (κ2) is 6.68. The van der Waals surface area contributed by atoms with Crippen molar-refractivity contribution in [1.82, 2.24) is 9.97 Å². The molecule has 6 nitrogen and oxygen atoms in total. The summed E-state index contributed by atoms with van der Waals surface area (Å²) in [5.74, 6) is 7.21. The average Bonchev–Trinajstić information content (AvgIpc) is 2.47. The third-order valence-electron chi connectivity index (χ3n) is 3.49. The molecule has 106 valence electrons. The summed E-state index contributed by atoms with van der Waals surface area (Å²) in [5.41, 5.74) is 3.72. The first-order chi connectivity index (χ1) is 9.30. The molecule has 1 aromatic heterocycles. The van der Waals surface area contributed by atoms with Crippen molar-refractivity contribution in [1.29, 1.82) is 0 Å². The lowest BCUT2D eigenvalue weighted by Gasteiger charge is -2.34. The molecule has 1 saturated heterocycles. The van der Waals surface area contributed by atoms with Crippen LogP contribution in [0, 0.1) is 0 Å². The molecule has 0 spiro atoms. The quantitative estimate of drug-likeness (QED) is 0.618. The SMILES string of the molecule is CCOC1CCCN(c2ncnc(NN)c2CC)C1. The third kappa shape index (κ3) is 3.13. The van der Waals surface area contributed by atoms with Crippen LogP contribution >= 0.6 is 0 Å². The van der Waals surface area contributed by atoms with Crippen molar-refractivity contribution in [3.63, 3.8) is 0 Å². The molecule has 0 saturated carbocycles. The highest BCUT2D eigenvalue weighted by Gasteiger charge is 2.23. The van der Waals surface area contributed by atoms with Gasteiger partial charge in [-0.05, 0) is 26.2 Å². The number of nitrogens with zero attached hydrogens (tertiary/aromatic N) is 3.